The lowest BCUT2D eigenvalue weighted by molar-refractivity contribution is -0.119. The average molecular weight is 318 g/mol. The minimum absolute atomic E-state index is 0.0524. The van der Waals surface area contributed by atoms with Gasteiger partial charge in [0.1, 0.15) is 11.9 Å². The smallest absolute Gasteiger partial charge is 0.414 e. The van der Waals surface area contributed by atoms with Crippen LogP contribution in [-0.4, -0.2) is 43.6 Å². The molecular weight excluding hydrogens is 300 g/mol. The third-order valence-electron chi connectivity index (χ3n) is 3.84. The summed E-state index contributed by atoms with van der Waals surface area (Å²) >= 11 is 0. The molecule has 3 rings (SSSR count). The summed E-state index contributed by atoms with van der Waals surface area (Å²) in [6.45, 7) is 2.51. The number of cyclic esters (lactones) is 1. The summed E-state index contributed by atoms with van der Waals surface area (Å²) in [5.74, 6) is 0.385. The summed E-state index contributed by atoms with van der Waals surface area (Å²) in [5.41, 5.74) is 1.17. The fraction of sp³-hybridized carbons (Fsp3) is 0.438. The zero-order valence-electron chi connectivity index (χ0n) is 12.8. The Labute approximate surface area is 133 Å². The van der Waals surface area contributed by atoms with Gasteiger partial charge in [-0.15, -0.1) is 0 Å². The molecule has 0 aromatic heterocycles. The van der Waals surface area contributed by atoms with Crippen LogP contribution in [0.15, 0.2) is 18.2 Å². The fourth-order valence-corrected chi connectivity index (χ4v) is 2.67. The first-order valence-electron chi connectivity index (χ1n) is 7.57. The molecule has 2 heterocycles. The van der Waals surface area contributed by atoms with Gasteiger partial charge in [0.05, 0.1) is 30.9 Å². The summed E-state index contributed by atoms with van der Waals surface area (Å²) in [6, 6.07) is 5.10. The molecule has 1 saturated heterocycles. The van der Waals surface area contributed by atoms with Crippen LogP contribution in [0.25, 0.3) is 0 Å². The summed E-state index contributed by atoms with van der Waals surface area (Å²) in [4.78, 5) is 36.4. The molecule has 0 spiro atoms. The van der Waals surface area contributed by atoms with Crippen LogP contribution >= 0.6 is 0 Å². The second-order valence-electron chi connectivity index (χ2n) is 5.61. The first kappa shape index (κ1) is 15.3. The van der Waals surface area contributed by atoms with Gasteiger partial charge in [0.25, 0.3) is 0 Å². The van der Waals surface area contributed by atoms with Gasteiger partial charge >= 0.3 is 6.09 Å². The highest BCUT2D eigenvalue weighted by Gasteiger charge is 2.33. The molecule has 0 saturated carbocycles. The van der Waals surface area contributed by atoms with Crippen LogP contribution in [-0.2, 0) is 9.53 Å². The lowest BCUT2D eigenvalue weighted by atomic mass is 10.1. The molecule has 23 heavy (non-hydrogen) atoms. The molecule has 1 N–H and O–H groups in total. The third-order valence-corrected chi connectivity index (χ3v) is 3.84. The minimum Gasteiger partial charge on any atom is -0.493 e. The number of hydrogen-bond acceptors (Lipinski definition) is 5. The van der Waals surface area contributed by atoms with Gasteiger partial charge in [-0.25, -0.2) is 4.79 Å². The number of hydrogen-bond donors (Lipinski definition) is 1. The highest BCUT2D eigenvalue weighted by atomic mass is 16.6. The summed E-state index contributed by atoms with van der Waals surface area (Å²) in [6.07, 6.45) is 0.289. The van der Waals surface area contributed by atoms with Gasteiger partial charge in [-0.3, -0.25) is 14.5 Å². The van der Waals surface area contributed by atoms with Crippen LogP contribution in [0.1, 0.15) is 30.1 Å². The van der Waals surface area contributed by atoms with E-state index in [1.165, 1.54) is 11.8 Å². The van der Waals surface area contributed by atoms with Gasteiger partial charge in [0.2, 0.25) is 5.91 Å². The third kappa shape index (κ3) is 3.28. The van der Waals surface area contributed by atoms with Crippen molar-refractivity contribution in [3.8, 4) is 5.75 Å². The molecule has 1 fully saturated rings. The number of anilines is 1. The van der Waals surface area contributed by atoms with Crippen LogP contribution in [0.3, 0.4) is 0 Å². The molecule has 0 aliphatic carbocycles. The van der Waals surface area contributed by atoms with Crippen LogP contribution in [0, 0.1) is 0 Å². The maximum atomic E-state index is 12.0. The number of fused-ring (bicyclic) bond motifs is 1. The van der Waals surface area contributed by atoms with Crippen molar-refractivity contribution in [2.45, 2.75) is 25.9 Å². The van der Waals surface area contributed by atoms with E-state index in [2.05, 4.69) is 5.32 Å². The molecule has 2 aliphatic rings. The van der Waals surface area contributed by atoms with Crippen molar-refractivity contribution in [2.75, 3.05) is 24.6 Å². The van der Waals surface area contributed by atoms with Crippen molar-refractivity contribution < 1.29 is 23.9 Å². The number of rotatable bonds is 3. The summed E-state index contributed by atoms with van der Waals surface area (Å²) in [7, 11) is 0. The minimum atomic E-state index is -0.472. The number of nitrogens with one attached hydrogen (secondary N) is 1. The molecule has 7 heteroatoms. The molecule has 122 valence electrons. The molecule has 1 aromatic rings. The molecule has 1 aromatic carbocycles. The van der Waals surface area contributed by atoms with E-state index < -0.39 is 12.2 Å². The molecule has 2 amide bonds. The highest BCUT2D eigenvalue weighted by molar-refractivity contribution is 6.00. The number of ketones is 1. The maximum absolute atomic E-state index is 12.0. The van der Waals surface area contributed by atoms with Crippen molar-refractivity contribution >= 4 is 23.5 Å². The van der Waals surface area contributed by atoms with Crippen molar-refractivity contribution in [1.29, 1.82) is 0 Å². The Kier molecular flexibility index (Phi) is 4.18. The van der Waals surface area contributed by atoms with Gasteiger partial charge in [0.15, 0.2) is 5.78 Å². The Morgan fingerprint density at radius 2 is 2.22 bits per heavy atom. The van der Waals surface area contributed by atoms with E-state index in [9.17, 15) is 14.4 Å². The van der Waals surface area contributed by atoms with Crippen molar-refractivity contribution in [1.82, 2.24) is 5.32 Å². The molecule has 1 atom stereocenters. The Morgan fingerprint density at radius 3 is 3.00 bits per heavy atom. The Hall–Kier alpha value is -2.57. The fourth-order valence-electron chi connectivity index (χ4n) is 2.67. The van der Waals surface area contributed by atoms with Gasteiger partial charge in [-0.2, -0.15) is 0 Å². The van der Waals surface area contributed by atoms with Crippen molar-refractivity contribution in [2.24, 2.45) is 0 Å². The van der Waals surface area contributed by atoms with E-state index in [0.29, 0.717) is 43.0 Å². The Balaban J connectivity index is 1.77. The Morgan fingerprint density at radius 1 is 1.39 bits per heavy atom. The predicted molar refractivity (Wildman–Crippen MR) is 81.8 cm³/mol. The van der Waals surface area contributed by atoms with Crippen molar-refractivity contribution in [3.05, 3.63) is 23.8 Å². The van der Waals surface area contributed by atoms with E-state index in [-0.39, 0.29) is 18.2 Å². The number of ether oxygens (including phenoxy) is 2. The summed E-state index contributed by atoms with van der Waals surface area (Å²) in [5, 5.41) is 2.63. The second kappa shape index (κ2) is 6.28. The largest absolute Gasteiger partial charge is 0.493 e. The zero-order valence-corrected chi connectivity index (χ0v) is 12.8. The highest BCUT2D eigenvalue weighted by Crippen LogP contribution is 2.31. The number of Topliss-reactive ketones (excluding diaryl/α,β-unsaturated/α-hetero) is 1. The first-order chi connectivity index (χ1) is 11.0. The topological polar surface area (TPSA) is 84.9 Å². The van der Waals surface area contributed by atoms with Crippen molar-refractivity contribution in [3.63, 3.8) is 0 Å². The second-order valence-corrected chi connectivity index (χ2v) is 5.61. The molecular formula is C16H18N2O5. The van der Waals surface area contributed by atoms with E-state index >= 15 is 0 Å². The standard InChI is InChI=1S/C16H18N2O5/c1-10(19)17-8-12-9-18(16(21)23-12)11-4-5-13-14(20)3-2-6-22-15(13)7-11/h4-5,7,12H,2-3,6,8-9H2,1H3,(H,17,19)/t12-/m0/s1. The molecule has 0 bridgehead atoms. The SMILES string of the molecule is CC(=O)NC[C@H]1CN(c2ccc3c(c2)OCCCC3=O)C(=O)O1. The molecule has 0 radical (unpaired) electrons. The zero-order chi connectivity index (χ0) is 16.4. The number of benzene rings is 1. The number of carbonyl (C=O) groups is 3. The number of amides is 2. The van der Waals surface area contributed by atoms with Gasteiger partial charge < -0.3 is 14.8 Å². The first-order valence-corrected chi connectivity index (χ1v) is 7.57. The molecule has 2 aliphatic heterocycles. The monoisotopic (exact) mass is 318 g/mol. The van der Waals surface area contributed by atoms with Crippen LogP contribution in [0.2, 0.25) is 0 Å². The Bertz CT molecular complexity index is 658. The van der Waals surface area contributed by atoms with E-state index in [4.69, 9.17) is 9.47 Å². The number of carbonyl (C=O) groups excluding carboxylic acids is 3. The van der Waals surface area contributed by atoms with E-state index in [1.807, 2.05) is 0 Å². The predicted octanol–water partition coefficient (Wildman–Crippen LogP) is 1.50. The lowest BCUT2D eigenvalue weighted by Crippen LogP contribution is -2.33. The van der Waals surface area contributed by atoms with Gasteiger partial charge in [0, 0.05) is 19.4 Å². The maximum Gasteiger partial charge on any atom is 0.414 e. The van der Waals surface area contributed by atoms with E-state index in [0.717, 1.165) is 0 Å². The van der Waals surface area contributed by atoms with Crippen LogP contribution in [0.5, 0.6) is 5.75 Å². The normalized spacial score (nSPS) is 20.4. The lowest BCUT2D eigenvalue weighted by Gasteiger charge is -2.15. The summed E-state index contributed by atoms with van der Waals surface area (Å²) < 4.78 is 10.8. The van der Waals surface area contributed by atoms with Crippen LogP contribution in [0.4, 0.5) is 10.5 Å². The van der Waals surface area contributed by atoms with Crippen LogP contribution < -0.4 is 15.0 Å². The van der Waals surface area contributed by atoms with Gasteiger partial charge in [-0.1, -0.05) is 0 Å². The average Bonchev–Trinajstić information content (AvgIpc) is 2.79. The molecule has 0 unspecified atom stereocenters. The van der Waals surface area contributed by atoms with E-state index in [1.54, 1.807) is 18.2 Å². The molecule has 7 nitrogen and oxygen atoms in total. The van der Waals surface area contributed by atoms with Gasteiger partial charge in [-0.05, 0) is 18.6 Å². The number of nitrogens with zero attached hydrogens (tertiary/aromatic N) is 1. The quantitative estimate of drug-likeness (QED) is 0.913.